The minimum absolute atomic E-state index is 0.0774. The summed E-state index contributed by atoms with van der Waals surface area (Å²) in [6.07, 6.45) is 1.58. The summed E-state index contributed by atoms with van der Waals surface area (Å²) in [6.45, 7) is 16.2. The number of nitriles is 1. The smallest absolute Gasteiger partial charge is 0.251 e. The van der Waals surface area contributed by atoms with Gasteiger partial charge in [0.15, 0.2) is 11.4 Å². The third-order valence-electron chi connectivity index (χ3n) is 13.4. The van der Waals surface area contributed by atoms with E-state index in [2.05, 4.69) is 91.7 Å². The van der Waals surface area contributed by atoms with Crippen LogP contribution in [0.3, 0.4) is 0 Å². The van der Waals surface area contributed by atoms with Crippen molar-refractivity contribution in [2.24, 2.45) is 15.7 Å². The van der Waals surface area contributed by atoms with Crippen LogP contribution >= 0.6 is 0 Å². The van der Waals surface area contributed by atoms with E-state index in [9.17, 15) is 4.79 Å². The van der Waals surface area contributed by atoms with Crippen molar-refractivity contribution in [1.82, 2.24) is 30.2 Å². The maximum absolute atomic E-state index is 12.4. The Morgan fingerprint density at radius 3 is 1.45 bits per heavy atom. The van der Waals surface area contributed by atoms with E-state index in [4.69, 9.17) is 49.2 Å². The number of benzene rings is 8. The summed E-state index contributed by atoms with van der Waals surface area (Å²) < 4.78 is 0. The van der Waals surface area contributed by atoms with E-state index in [1.807, 2.05) is 116 Å². The number of nitrogens with one attached hydrogen (secondary N) is 3. The molecule has 14 nitrogen and oxygen atoms in total. The lowest BCUT2D eigenvalue weighted by Gasteiger charge is -2.10. The van der Waals surface area contributed by atoms with Gasteiger partial charge >= 0.3 is 0 Å². The predicted molar refractivity (Wildman–Crippen MR) is 311 cm³/mol. The number of hydrogen-bond acceptors (Lipinski definition) is 9. The summed E-state index contributed by atoms with van der Waals surface area (Å²) >= 11 is 0. The van der Waals surface area contributed by atoms with E-state index in [1.54, 1.807) is 12.1 Å². The highest BCUT2D eigenvalue weighted by Gasteiger charge is 2.20. The Hall–Kier alpha value is -10.1. The van der Waals surface area contributed by atoms with Crippen LogP contribution in [0.4, 0.5) is 22.7 Å². The fraction of sp³-hybridized carbons (Fsp3) is 0.125. The molecule has 10 aromatic rings. The van der Waals surface area contributed by atoms with Gasteiger partial charge in [-0.25, -0.2) is 19.7 Å². The van der Waals surface area contributed by atoms with Crippen molar-refractivity contribution in [2.45, 2.75) is 12.8 Å². The molecule has 0 saturated carbocycles. The Kier molecular flexibility index (Phi) is 15.3. The fourth-order valence-corrected chi connectivity index (χ4v) is 9.14. The highest BCUT2D eigenvalue weighted by atomic mass is 16.3. The van der Waals surface area contributed by atoms with E-state index in [0.29, 0.717) is 35.6 Å². The van der Waals surface area contributed by atoms with Crippen LogP contribution in [0.15, 0.2) is 180 Å². The summed E-state index contributed by atoms with van der Waals surface area (Å²) in [5, 5.41) is 19.7. The van der Waals surface area contributed by atoms with Crippen LogP contribution in [0.2, 0.25) is 0 Å². The molecule has 0 aliphatic carbocycles. The lowest BCUT2D eigenvalue weighted by Crippen LogP contribution is -2.31. The number of carbonyl (C=O) groups is 1. The highest BCUT2D eigenvalue weighted by molar-refractivity contribution is 6.08. The number of imidazole rings is 2. The molecule has 0 bridgehead atoms. The van der Waals surface area contributed by atoms with Gasteiger partial charge in [-0.2, -0.15) is 5.26 Å². The molecule has 0 atom stereocenters. The largest absolute Gasteiger partial charge is 0.395 e. The Bertz CT molecular complexity index is 4040. The molecule has 4 heterocycles. The van der Waals surface area contributed by atoms with E-state index in [0.717, 1.165) is 120 Å². The minimum Gasteiger partial charge on any atom is -0.395 e. The first-order valence-electron chi connectivity index (χ1n) is 25.3. The maximum atomic E-state index is 12.4. The van der Waals surface area contributed by atoms with Gasteiger partial charge < -0.3 is 31.0 Å². The van der Waals surface area contributed by atoms with E-state index < -0.39 is 0 Å². The SMILES string of the molecule is NCCO.[C-]#[N+]c1ccc(C2=Nc3cc(-c4ccc5nc(-c6ccc(C#N)cc6)[nH]c5c4)ccc3C2)cc1.[C-]#[N+]c1ccc(C2=Nc3cc(-c4ccc5nc(-c6ccc(C(=O)NCCN(C)C)cc6)[nH]c5c4)ccc3C2)cc1. The number of aliphatic hydroxyl groups is 1. The number of fused-ring (bicyclic) bond motifs is 4. The molecule has 1 amide bonds. The normalized spacial score (nSPS) is 12.0. The Morgan fingerprint density at radius 2 is 1.03 bits per heavy atom. The van der Waals surface area contributed by atoms with Crippen LogP contribution in [-0.4, -0.2) is 87.6 Å². The van der Waals surface area contributed by atoms with Crippen LogP contribution in [0, 0.1) is 24.5 Å². The van der Waals surface area contributed by atoms with Crippen LogP contribution in [0.25, 0.3) is 76.8 Å². The van der Waals surface area contributed by atoms with Gasteiger partial charge in [0.05, 0.1) is 76.2 Å². The molecule has 6 N–H and O–H groups in total. The molecule has 0 saturated heterocycles. The van der Waals surface area contributed by atoms with Crippen molar-refractivity contribution in [2.75, 3.05) is 40.3 Å². The number of nitrogens with zero attached hydrogens (tertiary/aromatic N) is 8. The molecule has 2 aliphatic heterocycles. The average molecular weight is 1020 g/mol. The number of aromatic nitrogens is 4. The second-order valence-corrected chi connectivity index (χ2v) is 18.9. The number of aliphatic imine (C=N–C) groups is 2. The quantitative estimate of drug-likeness (QED) is 0.0795. The molecule has 0 radical (unpaired) electrons. The highest BCUT2D eigenvalue weighted by Crippen LogP contribution is 2.37. The molecule has 2 aromatic heterocycles. The van der Waals surface area contributed by atoms with Gasteiger partial charge in [0.1, 0.15) is 11.6 Å². The average Bonchev–Trinajstić information content (AvgIpc) is 4.32. The first-order valence-corrected chi connectivity index (χ1v) is 25.3. The fourth-order valence-electron chi connectivity index (χ4n) is 9.14. The number of nitrogens with two attached hydrogens (primary N) is 1. The van der Waals surface area contributed by atoms with Crippen LogP contribution in [0.1, 0.15) is 38.2 Å². The summed E-state index contributed by atoms with van der Waals surface area (Å²) in [6, 6.07) is 57.6. The van der Waals surface area contributed by atoms with Gasteiger partial charge in [0.25, 0.3) is 5.91 Å². The van der Waals surface area contributed by atoms with Crippen LogP contribution in [0.5, 0.6) is 0 Å². The lowest BCUT2D eigenvalue weighted by molar-refractivity contribution is 0.0951. The third kappa shape index (κ3) is 11.6. The molecule has 78 heavy (non-hydrogen) atoms. The number of hydrogen-bond donors (Lipinski definition) is 5. The van der Waals surface area contributed by atoms with E-state index in [-0.39, 0.29) is 12.5 Å². The zero-order valence-corrected chi connectivity index (χ0v) is 42.9. The molecule has 0 fully saturated rings. The molecule has 14 heteroatoms. The summed E-state index contributed by atoms with van der Waals surface area (Å²) in [7, 11) is 3.96. The summed E-state index contributed by atoms with van der Waals surface area (Å²) in [5.74, 6) is 1.47. The first-order chi connectivity index (χ1) is 38.1. The molecule has 0 spiro atoms. The first kappa shape index (κ1) is 51.4. The van der Waals surface area contributed by atoms with Gasteiger partial charge in [0.2, 0.25) is 0 Å². The maximum Gasteiger partial charge on any atom is 0.251 e. The molecular weight excluding hydrogens is 969 g/mol. The number of aromatic amines is 2. The van der Waals surface area contributed by atoms with Crippen LogP contribution in [-0.2, 0) is 12.8 Å². The molecule has 2 aliphatic rings. The number of rotatable bonds is 11. The van der Waals surface area contributed by atoms with Crippen molar-refractivity contribution >= 4 is 62.1 Å². The topological polar surface area (TPSA) is 193 Å². The number of aliphatic hydroxyl groups excluding tert-OH is 1. The van der Waals surface area contributed by atoms with Crippen molar-refractivity contribution in [1.29, 1.82) is 5.26 Å². The van der Waals surface area contributed by atoms with Crippen LogP contribution < -0.4 is 11.1 Å². The monoisotopic (exact) mass is 1020 g/mol. The second-order valence-electron chi connectivity index (χ2n) is 18.9. The van der Waals surface area contributed by atoms with Crippen molar-refractivity contribution in [3.8, 4) is 51.1 Å². The predicted octanol–water partition coefficient (Wildman–Crippen LogP) is 12.3. The standard InChI is InChI=1S/C33H28N6O.C29H17N5.C2H7NO/c1-34-27-13-10-21(11-14-27)29-20-26-9-8-24(18-30(26)36-29)25-12-15-28-31(19-25)38-32(37-28)22-4-6-23(7-5-22)33(40)35-16-17-39(2)3;1-31-24-11-8-19(9-12-24)26-16-23-7-6-21(14-27(23)32-26)22-10-13-25-28(15-22)34-29(33-25)20-4-2-18(17-30)3-5-20;3-1-2-4/h4-15,18-19H,16-17,20H2,2-3H3,(H,35,40)(H,37,38);2-15H,16H2,(H,33,34);4H,1-3H2. The zero-order valence-electron chi connectivity index (χ0n) is 42.9. The van der Waals surface area contributed by atoms with Gasteiger partial charge in [-0.1, -0.05) is 97.1 Å². The number of carbonyl (C=O) groups excluding carboxylic acids is 1. The van der Waals surface area contributed by atoms with Gasteiger partial charge in [0, 0.05) is 49.2 Å². The van der Waals surface area contributed by atoms with Crippen molar-refractivity contribution in [3.05, 3.63) is 226 Å². The Balaban J connectivity index is 0.000000167. The minimum atomic E-state index is -0.0774. The zero-order chi connectivity index (χ0) is 54.1. The molecule has 0 unspecified atom stereocenters. The second kappa shape index (κ2) is 23.2. The summed E-state index contributed by atoms with van der Waals surface area (Å²) in [4.78, 5) is 47.5. The van der Waals surface area contributed by atoms with E-state index in [1.165, 1.54) is 11.1 Å². The van der Waals surface area contributed by atoms with Gasteiger partial charge in [-0.05, 0) is 131 Å². The Morgan fingerprint density at radius 1 is 0.615 bits per heavy atom. The molecule has 8 aromatic carbocycles. The molecule has 12 rings (SSSR count). The van der Waals surface area contributed by atoms with Crippen molar-refractivity contribution in [3.63, 3.8) is 0 Å². The molecule has 380 valence electrons. The lowest BCUT2D eigenvalue weighted by atomic mass is 10.00. The summed E-state index contributed by atoms with van der Waals surface area (Å²) in [5.41, 5.74) is 25.8. The van der Waals surface area contributed by atoms with Crippen molar-refractivity contribution < 1.29 is 9.90 Å². The van der Waals surface area contributed by atoms with Gasteiger partial charge in [-0.3, -0.25) is 14.8 Å². The molecular formula is C64H52N12O2. The Labute approximate surface area is 451 Å². The van der Waals surface area contributed by atoms with E-state index >= 15 is 0 Å². The van der Waals surface area contributed by atoms with Gasteiger partial charge in [-0.15, -0.1) is 0 Å². The third-order valence-corrected chi connectivity index (χ3v) is 13.4. The number of H-pyrrole nitrogens is 2. The number of likely N-dealkylation sites (N-methyl/N-ethyl adjacent to an activating group) is 1. The number of amides is 1.